The largest absolute Gasteiger partial charge is 0.339 e. The van der Waals surface area contributed by atoms with Crippen LogP contribution in [0.4, 0.5) is 5.69 Å². The molecule has 0 saturated carbocycles. The molecule has 0 aliphatic carbocycles. The van der Waals surface area contributed by atoms with Gasteiger partial charge in [-0.15, -0.1) is 0 Å². The van der Waals surface area contributed by atoms with E-state index in [9.17, 15) is 9.59 Å². The summed E-state index contributed by atoms with van der Waals surface area (Å²) in [4.78, 5) is 25.8. The molecular weight excluding hydrogens is 266 g/mol. The van der Waals surface area contributed by atoms with Crippen LogP contribution in [0.3, 0.4) is 0 Å². The minimum absolute atomic E-state index is 0.0189. The first-order chi connectivity index (χ1) is 10.2. The van der Waals surface area contributed by atoms with E-state index in [1.165, 1.54) is 0 Å². The predicted octanol–water partition coefficient (Wildman–Crippen LogP) is 1.86. The molecule has 0 unspecified atom stereocenters. The van der Waals surface area contributed by atoms with Gasteiger partial charge in [0.05, 0.1) is 0 Å². The lowest BCUT2D eigenvalue weighted by atomic mass is 10.2. The first-order valence-corrected chi connectivity index (χ1v) is 7.60. The summed E-state index contributed by atoms with van der Waals surface area (Å²) in [6.45, 7) is 5.24. The summed E-state index contributed by atoms with van der Waals surface area (Å²) < 4.78 is 0. The molecule has 1 fully saturated rings. The number of rotatable bonds is 6. The Morgan fingerprint density at radius 2 is 1.81 bits per heavy atom. The van der Waals surface area contributed by atoms with Crippen molar-refractivity contribution in [3.8, 4) is 0 Å². The Bertz CT molecular complexity index is 479. The van der Waals surface area contributed by atoms with Crippen molar-refractivity contribution in [3.05, 3.63) is 29.8 Å². The molecule has 1 aliphatic rings. The van der Waals surface area contributed by atoms with Crippen molar-refractivity contribution in [1.29, 1.82) is 0 Å². The Morgan fingerprint density at radius 3 is 2.43 bits per heavy atom. The van der Waals surface area contributed by atoms with Gasteiger partial charge in [0.15, 0.2) is 0 Å². The van der Waals surface area contributed by atoms with E-state index in [0.29, 0.717) is 18.5 Å². The van der Waals surface area contributed by atoms with Crippen molar-refractivity contribution in [3.63, 3.8) is 0 Å². The Labute approximate surface area is 125 Å². The van der Waals surface area contributed by atoms with E-state index < -0.39 is 0 Å². The van der Waals surface area contributed by atoms with E-state index in [-0.39, 0.29) is 11.8 Å². The van der Waals surface area contributed by atoms with E-state index in [1.54, 1.807) is 24.3 Å². The summed E-state index contributed by atoms with van der Waals surface area (Å²) in [5.74, 6) is 0.0621. The summed E-state index contributed by atoms with van der Waals surface area (Å²) in [6.07, 6.45) is 2.62. The molecule has 1 aromatic carbocycles. The third-order valence-corrected chi connectivity index (χ3v) is 3.59. The van der Waals surface area contributed by atoms with Crippen LogP contribution in [0.1, 0.15) is 36.5 Å². The lowest BCUT2D eigenvalue weighted by Crippen LogP contribution is -2.27. The van der Waals surface area contributed by atoms with Crippen molar-refractivity contribution in [2.24, 2.45) is 0 Å². The molecule has 0 atom stereocenters. The number of hydrogen-bond donors (Lipinski definition) is 2. The topological polar surface area (TPSA) is 61.4 Å². The zero-order chi connectivity index (χ0) is 15.1. The molecule has 1 saturated heterocycles. The lowest BCUT2D eigenvalue weighted by Gasteiger charge is -2.15. The summed E-state index contributed by atoms with van der Waals surface area (Å²) in [5.41, 5.74) is 1.41. The first-order valence-electron chi connectivity index (χ1n) is 7.60. The highest BCUT2D eigenvalue weighted by atomic mass is 16.2. The zero-order valence-electron chi connectivity index (χ0n) is 12.5. The lowest BCUT2D eigenvalue weighted by molar-refractivity contribution is -0.116. The molecule has 5 heteroatoms. The first kappa shape index (κ1) is 15.5. The second-order valence-corrected chi connectivity index (χ2v) is 5.23. The minimum Gasteiger partial charge on any atom is -0.339 e. The molecule has 0 spiro atoms. The van der Waals surface area contributed by atoms with E-state index in [1.807, 2.05) is 11.8 Å². The number of nitrogens with zero attached hydrogens (tertiary/aromatic N) is 1. The van der Waals surface area contributed by atoms with Gasteiger partial charge in [-0.25, -0.2) is 0 Å². The molecule has 1 aliphatic heterocycles. The highest BCUT2D eigenvalue weighted by Gasteiger charge is 2.19. The number of amides is 2. The van der Waals surface area contributed by atoms with Crippen LogP contribution in [0.2, 0.25) is 0 Å². The Balaban J connectivity index is 1.86. The van der Waals surface area contributed by atoms with Gasteiger partial charge in [0.2, 0.25) is 5.91 Å². The normalized spacial score (nSPS) is 14.2. The number of nitrogens with one attached hydrogen (secondary N) is 2. The smallest absolute Gasteiger partial charge is 0.253 e. The predicted molar refractivity (Wildman–Crippen MR) is 83.4 cm³/mol. The molecule has 1 aromatic rings. The SMILES string of the molecule is CCNCCC(=O)Nc1ccc(C(=O)N2CCCC2)cc1. The van der Waals surface area contributed by atoms with E-state index in [4.69, 9.17) is 0 Å². The van der Waals surface area contributed by atoms with Gasteiger partial charge in [-0.3, -0.25) is 9.59 Å². The fourth-order valence-corrected chi connectivity index (χ4v) is 2.40. The highest BCUT2D eigenvalue weighted by molar-refractivity contribution is 5.96. The Hall–Kier alpha value is -1.88. The van der Waals surface area contributed by atoms with Crippen LogP contribution in [-0.2, 0) is 4.79 Å². The molecule has 114 valence electrons. The monoisotopic (exact) mass is 289 g/mol. The number of hydrogen-bond acceptors (Lipinski definition) is 3. The summed E-state index contributed by atoms with van der Waals surface area (Å²) in [6, 6.07) is 7.13. The fraction of sp³-hybridized carbons (Fsp3) is 0.500. The van der Waals surface area contributed by atoms with Gasteiger partial charge >= 0.3 is 0 Å². The highest BCUT2D eigenvalue weighted by Crippen LogP contribution is 2.15. The molecule has 21 heavy (non-hydrogen) atoms. The Kier molecular flexibility index (Phi) is 5.75. The van der Waals surface area contributed by atoms with E-state index in [0.717, 1.165) is 38.2 Å². The Morgan fingerprint density at radius 1 is 1.14 bits per heavy atom. The molecule has 2 N–H and O–H groups in total. The van der Waals surface area contributed by atoms with E-state index in [2.05, 4.69) is 10.6 Å². The maximum atomic E-state index is 12.2. The summed E-state index contributed by atoms with van der Waals surface area (Å²) >= 11 is 0. The van der Waals surface area contributed by atoms with Crippen LogP contribution in [-0.4, -0.2) is 42.9 Å². The third-order valence-electron chi connectivity index (χ3n) is 3.59. The molecule has 2 rings (SSSR count). The second kappa shape index (κ2) is 7.78. The number of benzene rings is 1. The number of anilines is 1. The molecule has 1 heterocycles. The second-order valence-electron chi connectivity index (χ2n) is 5.23. The maximum Gasteiger partial charge on any atom is 0.253 e. The van der Waals surface area contributed by atoms with Crippen molar-refractivity contribution in [2.45, 2.75) is 26.2 Å². The van der Waals surface area contributed by atoms with Crippen molar-refractivity contribution >= 4 is 17.5 Å². The van der Waals surface area contributed by atoms with Crippen LogP contribution >= 0.6 is 0 Å². The van der Waals surface area contributed by atoms with Gasteiger partial charge in [0, 0.05) is 37.3 Å². The third kappa shape index (κ3) is 4.56. The van der Waals surface area contributed by atoms with Gasteiger partial charge in [-0.05, 0) is 43.7 Å². The van der Waals surface area contributed by atoms with Crippen LogP contribution in [0.25, 0.3) is 0 Å². The standard InChI is InChI=1S/C16H23N3O2/c1-2-17-10-9-15(20)18-14-7-5-13(6-8-14)16(21)19-11-3-4-12-19/h5-8,17H,2-4,9-12H2,1H3,(H,18,20). The maximum absolute atomic E-state index is 12.2. The van der Waals surface area contributed by atoms with Crippen molar-refractivity contribution < 1.29 is 9.59 Å². The number of carbonyl (C=O) groups is 2. The van der Waals surface area contributed by atoms with Crippen LogP contribution in [0.15, 0.2) is 24.3 Å². The van der Waals surface area contributed by atoms with Crippen LogP contribution in [0.5, 0.6) is 0 Å². The average molecular weight is 289 g/mol. The summed E-state index contributed by atoms with van der Waals surface area (Å²) in [7, 11) is 0. The number of carbonyl (C=O) groups excluding carboxylic acids is 2. The van der Waals surface area contributed by atoms with Crippen molar-refractivity contribution in [2.75, 3.05) is 31.5 Å². The molecular formula is C16H23N3O2. The van der Waals surface area contributed by atoms with Gasteiger partial charge in [-0.1, -0.05) is 6.92 Å². The van der Waals surface area contributed by atoms with Crippen molar-refractivity contribution in [1.82, 2.24) is 10.2 Å². The summed E-state index contributed by atoms with van der Waals surface area (Å²) in [5, 5.41) is 5.94. The zero-order valence-corrected chi connectivity index (χ0v) is 12.5. The minimum atomic E-state index is -0.0189. The molecule has 2 amide bonds. The molecule has 0 aromatic heterocycles. The fourth-order valence-electron chi connectivity index (χ4n) is 2.40. The van der Waals surface area contributed by atoms with Gasteiger partial charge < -0.3 is 15.5 Å². The van der Waals surface area contributed by atoms with E-state index >= 15 is 0 Å². The quantitative estimate of drug-likeness (QED) is 0.786. The van der Waals surface area contributed by atoms with Gasteiger partial charge in [-0.2, -0.15) is 0 Å². The van der Waals surface area contributed by atoms with Gasteiger partial charge in [0.25, 0.3) is 5.91 Å². The molecule has 0 radical (unpaired) electrons. The average Bonchev–Trinajstić information content (AvgIpc) is 3.02. The number of likely N-dealkylation sites (tertiary alicyclic amines) is 1. The molecule has 0 bridgehead atoms. The van der Waals surface area contributed by atoms with Gasteiger partial charge in [0.1, 0.15) is 0 Å². The van der Waals surface area contributed by atoms with Crippen LogP contribution in [0, 0.1) is 0 Å². The van der Waals surface area contributed by atoms with Crippen LogP contribution < -0.4 is 10.6 Å². The molecule has 5 nitrogen and oxygen atoms in total.